The van der Waals surface area contributed by atoms with E-state index in [0.717, 1.165) is 5.69 Å². The number of benzene rings is 2. The van der Waals surface area contributed by atoms with Gasteiger partial charge in [0, 0.05) is 0 Å². The molecule has 8 heteroatoms. The zero-order chi connectivity index (χ0) is 19.2. The van der Waals surface area contributed by atoms with Gasteiger partial charge in [0.15, 0.2) is 16.7 Å². The van der Waals surface area contributed by atoms with Gasteiger partial charge in [0.25, 0.3) is 5.91 Å². The lowest BCUT2D eigenvalue weighted by molar-refractivity contribution is -0.307. The summed E-state index contributed by atoms with van der Waals surface area (Å²) in [4.78, 5) is 27.6. The second-order valence-corrected chi connectivity index (χ2v) is 6.42. The molecule has 2 aromatic carbocycles. The molecule has 0 atom stereocenters. The predicted octanol–water partition coefficient (Wildman–Crippen LogP) is 1.72. The minimum Gasteiger partial charge on any atom is -0.546 e. The molecule has 2 aromatic rings. The Bertz CT molecular complexity index is 925. The van der Waals surface area contributed by atoms with Gasteiger partial charge in [-0.25, -0.2) is 4.99 Å². The number of para-hydroxylation sites is 1. The number of carbonyl (C=O) groups excluding carboxylic acids is 2. The van der Waals surface area contributed by atoms with Gasteiger partial charge in [-0.15, -0.1) is 0 Å². The Morgan fingerprint density at radius 3 is 2.70 bits per heavy atom. The van der Waals surface area contributed by atoms with Crippen molar-refractivity contribution in [2.45, 2.75) is 0 Å². The van der Waals surface area contributed by atoms with Gasteiger partial charge in [0.2, 0.25) is 0 Å². The van der Waals surface area contributed by atoms with E-state index in [9.17, 15) is 14.7 Å². The quantitative estimate of drug-likeness (QED) is 0.763. The number of nitrogens with one attached hydrogen (secondary N) is 1. The fourth-order valence-electron chi connectivity index (χ4n) is 2.28. The number of carboxylic acids is 1. The summed E-state index contributed by atoms with van der Waals surface area (Å²) in [6, 6.07) is 14.2. The smallest absolute Gasteiger partial charge is 0.264 e. The second kappa shape index (κ2) is 8.41. The SMILES string of the molecule is COc1cc(/C=C2\SC(=Nc3ccccc3)NC2=O)ccc1OCC(=O)[O-]. The lowest BCUT2D eigenvalue weighted by atomic mass is 10.2. The Kier molecular flexibility index (Phi) is 5.77. The lowest BCUT2D eigenvalue weighted by Crippen LogP contribution is -2.29. The summed E-state index contributed by atoms with van der Waals surface area (Å²) in [5.41, 5.74) is 1.45. The summed E-state index contributed by atoms with van der Waals surface area (Å²) in [6.45, 7) is -0.575. The monoisotopic (exact) mass is 383 g/mol. The Morgan fingerprint density at radius 2 is 2.00 bits per heavy atom. The van der Waals surface area contributed by atoms with E-state index in [1.54, 1.807) is 24.3 Å². The fraction of sp³-hybridized carbons (Fsp3) is 0.105. The van der Waals surface area contributed by atoms with Crippen molar-refractivity contribution in [1.82, 2.24) is 5.32 Å². The molecule has 1 aliphatic rings. The second-order valence-electron chi connectivity index (χ2n) is 5.39. The first kappa shape index (κ1) is 18.5. The van der Waals surface area contributed by atoms with Crippen LogP contribution < -0.4 is 19.9 Å². The first-order chi connectivity index (χ1) is 13.0. The standard InChI is InChI=1S/C19H16N2O5S/c1-25-15-9-12(7-8-14(15)26-11-17(22)23)10-16-18(24)21-19(27-16)20-13-5-3-2-4-6-13/h2-10H,11H2,1H3,(H,22,23)(H,20,21,24)/p-1/b16-10-. The number of ether oxygens (including phenoxy) is 2. The minimum absolute atomic E-state index is 0.245. The van der Waals surface area contributed by atoms with E-state index in [1.807, 2.05) is 30.3 Å². The molecule has 0 aromatic heterocycles. The highest BCUT2D eigenvalue weighted by Gasteiger charge is 2.23. The average molecular weight is 383 g/mol. The molecule has 3 rings (SSSR count). The summed E-state index contributed by atoms with van der Waals surface area (Å²) in [5.74, 6) is -0.940. The van der Waals surface area contributed by atoms with Crippen LogP contribution in [0.3, 0.4) is 0 Å². The molecule has 1 fully saturated rings. The number of hydrogen-bond acceptors (Lipinski definition) is 7. The van der Waals surface area contributed by atoms with E-state index in [0.29, 0.717) is 21.4 Å². The van der Waals surface area contributed by atoms with E-state index >= 15 is 0 Å². The molecule has 0 aliphatic carbocycles. The number of aliphatic imine (C=N–C) groups is 1. The van der Waals surface area contributed by atoms with Crippen molar-refractivity contribution in [2.75, 3.05) is 13.7 Å². The van der Waals surface area contributed by atoms with E-state index < -0.39 is 12.6 Å². The molecule has 0 unspecified atom stereocenters. The number of amidine groups is 1. The van der Waals surface area contributed by atoms with Crippen molar-refractivity contribution in [1.29, 1.82) is 0 Å². The van der Waals surface area contributed by atoms with E-state index in [4.69, 9.17) is 9.47 Å². The number of carboxylic acid groups (broad SMARTS) is 1. The van der Waals surface area contributed by atoms with Gasteiger partial charge in [-0.05, 0) is 47.7 Å². The molecule has 27 heavy (non-hydrogen) atoms. The highest BCUT2D eigenvalue weighted by molar-refractivity contribution is 8.18. The normalized spacial score (nSPS) is 16.4. The lowest BCUT2D eigenvalue weighted by Gasteiger charge is -2.11. The number of nitrogens with zero attached hydrogens (tertiary/aromatic N) is 1. The highest BCUT2D eigenvalue weighted by Crippen LogP contribution is 2.32. The average Bonchev–Trinajstić information content (AvgIpc) is 3.00. The Hall–Kier alpha value is -3.26. The molecular formula is C19H15N2O5S-. The molecule has 1 amide bonds. The molecule has 0 bridgehead atoms. The van der Waals surface area contributed by atoms with Crippen molar-refractivity contribution < 1.29 is 24.2 Å². The number of amides is 1. The molecule has 1 N–H and O–H groups in total. The van der Waals surface area contributed by atoms with E-state index in [1.165, 1.54) is 18.9 Å². The largest absolute Gasteiger partial charge is 0.546 e. The first-order valence-electron chi connectivity index (χ1n) is 7.90. The highest BCUT2D eigenvalue weighted by atomic mass is 32.2. The van der Waals surface area contributed by atoms with Crippen LogP contribution in [0.25, 0.3) is 6.08 Å². The third-order valence-electron chi connectivity index (χ3n) is 3.47. The van der Waals surface area contributed by atoms with Crippen molar-refractivity contribution in [3.63, 3.8) is 0 Å². The maximum absolute atomic E-state index is 12.2. The van der Waals surface area contributed by atoms with Gasteiger partial charge in [-0.3, -0.25) is 4.79 Å². The Labute approximate surface area is 159 Å². The van der Waals surface area contributed by atoms with Crippen molar-refractivity contribution in [3.8, 4) is 11.5 Å². The maximum Gasteiger partial charge on any atom is 0.264 e. The Morgan fingerprint density at radius 1 is 1.22 bits per heavy atom. The van der Waals surface area contributed by atoms with Crippen LogP contribution in [0.5, 0.6) is 11.5 Å². The van der Waals surface area contributed by atoms with E-state index in [-0.39, 0.29) is 11.7 Å². The van der Waals surface area contributed by atoms with Crippen LogP contribution in [-0.4, -0.2) is 30.8 Å². The number of carbonyl (C=O) groups is 2. The summed E-state index contributed by atoms with van der Waals surface area (Å²) in [6.07, 6.45) is 1.69. The maximum atomic E-state index is 12.2. The summed E-state index contributed by atoms with van der Waals surface area (Å²) >= 11 is 1.23. The molecule has 1 aliphatic heterocycles. The number of hydrogen-bond donors (Lipinski definition) is 1. The van der Waals surface area contributed by atoms with Crippen LogP contribution in [0.1, 0.15) is 5.56 Å². The van der Waals surface area contributed by atoms with Gasteiger partial charge in [0.05, 0.1) is 23.7 Å². The number of thioether (sulfide) groups is 1. The molecule has 0 radical (unpaired) electrons. The topological polar surface area (TPSA) is 100 Å². The fourth-order valence-corrected chi connectivity index (χ4v) is 3.12. The minimum atomic E-state index is -1.33. The molecular weight excluding hydrogens is 368 g/mol. The van der Waals surface area contributed by atoms with E-state index in [2.05, 4.69) is 10.3 Å². The van der Waals surface area contributed by atoms with Gasteiger partial charge in [-0.2, -0.15) is 0 Å². The van der Waals surface area contributed by atoms with Crippen molar-refractivity contribution in [2.24, 2.45) is 4.99 Å². The van der Waals surface area contributed by atoms with Crippen LogP contribution in [0.4, 0.5) is 5.69 Å². The van der Waals surface area contributed by atoms with Gasteiger partial charge in [-0.1, -0.05) is 24.3 Å². The molecule has 1 saturated heterocycles. The zero-order valence-electron chi connectivity index (χ0n) is 14.3. The summed E-state index contributed by atoms with van der Waals surface area (Å²) < 4.78 is 10.3. The van der Waals surface area contributed by atoms with Gasteiger partial charge >= 0.3 is 0 Å². The number of methoxy groups -OCH3 is 1. The van der Waals surface area contributed by atoms with Crippen LogP contribution >= 0.6 is 11.8 Å². The van der Waals surface area contributed by atoms with Crippen molar-refractivity contribution in [3.05, 3.63) is 59.0 Å². The van der Waals surface area contributed by atoms with Crippen LogP contribution in [0.15, 0.2) is 58.4 Å². The molecule has 1 heterocycles. The van der Waals surface area contributed by atoms with Gasteiger partial charge < -0.3 is 24.7 Å². The van der Waals surface area contributed by atoms with Crippen LogP contribution in [-0.2, 0) is 9.59 Å². The van der Waals surface area contributed by atoms with Gasteiger partial charge in [0.1, 0.15) is 6.61 Å². The summed E-state index contributed by atoms with van der Waals surface area (Å²) in [7, 11) is 1.44. The zero-order valence-corrected chi connectivity index (χ0v) is 15.1. The molecule has 138 valence electrons. The van der Waals surface area contributed by atoms with Crippen molar-refractivity contribution >= 4 is 40.6 Å². The molecule has 7 nitrogen and oxygen atoms in total. The first-order valence-corrected chi connectivity index (χ1v) is 8.72. The predicted molar refractivity (Wildman–Crippen MR) is 101 cm³/mol. The van der Waals surface area contributed by atoms with Crippen LogP contribution in [0.2, 0.25) is 0 Å². The molecule has 0 spiro atoms. The number of rotatable bonds is 6. The molecule has 0 saturated carbocycles. The van der Waals surface area contributed by atoms with Crippen LogP contribution in [0, 0.1) is 0 Å². The summed E-state index contributed by atoms with van der Waals surface area (Å²) in [5, 5.41) is 13.7. The third kappa shape index (κ3) is 4.89. The third-order valence-corrected chi connectivity index (χ3v) is 4.38. The Balaban J connectivity index is 1.79. The number of aliphatic carboxylic acids is 1.